The molecule has 2 aromatic rings. The average molecular weight is 305 g/mol. The predicted molar refractivity (Wildman–Crippen MR) is 86.5 cm³/mol. The number of rotatable bonds is 3. The van der Waals surface area contributed by atoms with Gasteiger partial charge in [0.15, 0.2) is 0 Å². The zero-order valence-corrected chi connectivity index (χ0v) is 12.4. The van der Waals surface area contributed by atoms with Gasteiger partial charge < -0.3 is 10.6 Å². The zero-order valence-electron chi connectivity index (χ0n) is 10.8. The Labute approximate surface area is 128 Å². The van der Waals surface area contributed by atoms with E-state index in [1.54, 1.807) is 37.4 Å². The second-order valence-electron chi connectivity index (χ2n) is 4.29. The van der Waals surface area contributed by atoms with Gasteiger partial charge in [0.25, 0.3) is 5.91 Å². The van der Waals surface area contributed by atoms with Crippen LogP contribution in [0, 0.1) is 0 Å². The van der Waals surface area contributed by atoms with Crippen LogP contribution in [-0.2, 0) is 0 Å². The van der Waals surface area contributed by atoms with Crippen molar-refractivity contribution in [3.05, 3.63) is 64.7 Å². The normalized spacial score (nSPS) is 10.1. The SMILES string of the molecule is CN(C(=O)c1cccc(Cl)c1)c1cccc(C(N)=S)c1. The van der Waals surface area contributed by atoms with Crippen LogP contribution in [-0.4, -0.2) is 17.9 Å². The Kier molecular flexibility index (Phi) is 4.37. The second kappa shape index (κ2) is 6.03. The van der Waals surface area contributed by atoms with Gasteiger partial charge in [0.05, 0.1) is 0 Å². The summed E-state index contributed by atoms with van der Waals surface area (Å²) in [5.74, 6) is -0.146. The smallest absolute Gasteiger partial charge is 0.258 e. The number of hydrogen-bond acceptors (Lipinski definition) is 2. The summed E-state index contributed by atoms with van der Waals surface area (Å²) in [6.07, 6.45) is 0. The Morgan fingerprint density at radius 2 is 1.80 bits per heavy atom. The molecular weight excluding hydrogens is 292 g/mol. The van der Waals surface area contributed by atoms with Crippen molar-refractivity contribution in [3.8, 4) is 0 Å². The Morgan fingerprint density at radius 1 is 1.15 bits per heavy atom. The van der Waals surface area contributed by atoms with Crippen LogP contribution in [0.4, 0.5) is 5.69 Å². The van der Waals surface area contributed by atoms with E-state index in [0.29, 0.717) is 15.6 Å². The van der Waals surface area contributed by atoms with Crippen molar-refractivity contribution in [2.75, 3.05) is 11.9 Å². The zero-order chi connectivity index (χ0) is 14.7. The van der Waals surface area contributed by atoms with E-state index in [1.807, 2.05) is 18.2 Å². The summed E-state index contributed by atoms with van der Waals surface area (Å²) in [6, 6.07) is 14.1. The molecule has 3 nitrogen and oxygen atoms in total. The van der Waals surface area contributed by atoms with Crippen molar-refractivity contribution in [1.82, 2.24) is 0 Å². The highest BCUT2D eigenvalue weighted by Gasteiger charge is 2.14. The molecule has 0 unspecified atom stereocenters. The molecular formula is C15H13ClN2OS. The molecule has 5 heteroatoms. The van der Waals surface area contributed by atoms with Crippen LogP contribution in [0.3, 0.4) is 0 Å². The van der Waals surface area contributed by atoms with E-state index in [1.165, 1.54) is 4.90 Å². The summed E-state index contributed by atoms with van der Waals surface area (Å²) >= 11 is 10.8. The standard InChI is InChI=1S/C15H13ClN2OS/c1-18(13-7-3-4-10(9-13)14(17)20)15(19)11-5-2-6-12(16)8-11/h2-9H,1H3,(H2,17,20). The van der Waals surface area contributed by atoms with Crippen molar-refractivity contribution in [1.29, 1.82) is 0 Å². The number of carbonyl (C=O) groups excluding carboxylic acids is 1. The van der Waals surface area contributed by atoms with Crippen molar-refractivity contribution in [3.63, 3.8) is 0 Å². The molecule has 102 valence electrons. The van der Waals surface area contributed by atoms with Gasteiger partial charge in [-0.3, -0.25) is 4.79 Å². The molecule has 0 spiro atoms. The van der Waals surface area contributed by atoms with Gasteiger partial charge in [0.1, 0.15) is 4.99 Å². The molecule has 2 N–H and O–H groups in total. The molecule has 0 saturated heterocycles. The quantitative estimate of drug-likeness (QED) is 0.885. The summed E-state index contributed by atoms with van der Waals surface area (Å²) in [5.41, 5.74) is 7.58. The minimum absolute atomic E-state index is 0.146. The maximum Gasteiger partial charge on any atom is 0.258 e. The predicted octanol–water partition coefficient (Wildman–Crippen LogP) is 3.25. The molecule has 0 aliphatic carbocycles. The number of carbonyl (C=O) groups is 1. The van der Waals surface area contributed by atoms with Crippen molar-refractivity contribution >= 4 is 40.4 Å². The average Bonchev–Trinajstić information content (AvgIpc) is 2.45. The maximum absolute atomic E-state index is 12.4. The molecule has 1 amide bonds. The lowest BCUT2D eigenvalue weighted by Crippen LogP contribution is -2.26. The van der Waals surface area contributed by atoms with E-state index in [0.717, 1.165) is 11.3 Å². The van der Waals surface area contributed by atoms with Gasteiger partial charge in [-0.1, -0.05) is 42.0 Å². The molecule has 2 rings (SSSR count). The van der Waals surface area contributed by atoms with E-state index in [4.69, 9.17) is 29.6 Å². The number of anilines is 1. The summed E-state index contributed by atoms with van der Waals surface area (Å²) < 4.78 is 0. The van der Waals surface area contributed by atoms with Gasteiger partial charge in [-0.15, -0.1) is 0 Å². The lowest BCUT2D eigenvalue weighted by atomic mass is 10.1. The molecule has 0 bridgehead atoms. The van der Waals surface area contributed by atoms with E-state index in [2.05, 4.69) is 0 Å². The monoisotopic (exact) mass is 304 g/mol. The molecule has 0 heterocycles. The number of nitrogens with two attached hydrogens (primary N) is 1. The van der Waals surface area contributed by atoms with Gasteiger partial charge in [-0.25, -0.2) is 0 Å². The maximum atomic E-state index is 12.4. The highest BCUT2D eigenvalue weighted by Crippen LogP contribution is 2.19. The van der Waals surface area contributed by atoms with Gasteiger partial charge in [-0.2, -0.15) is 0 Å². The van der Waals surface area contributed by atoms with E-state index < -0.39 is 0 Å². The van der Waals surface area contributed by atoms with Crippen molar-refractivity contribution < 1.29 is 4.79 Å². The molecule has 0 atom stereocenters. The highest BCUT2D eigenvalue weighted by atomic mass is 35.5. The van der Waals surface area contributed by atoms with Crippen LogP contribution in [0.25, 0.3) is 0 Å². The number of thiocarbonyl (C=S) groups is 1. The first-order valence-corrected chi connectivity index (χ1v) is 6.71. The fraction of sp³-hybridized carbons (Fsp3) is 0.0667. The minimum atomic E-state index is -0.146. The summed E-state index contributed by atoms with van der Waals surface area (Å²) in [5, 5.41) is 0.529. The lowest BCUT2D eigenvalue weighted by molar-refractivity contribution is 0.0993. The third-order valence-corrected chi connectivity index (χ3v) is 3.36. The number of nitrogens with zero attached hydrogens (tertiary/aromatic N) is 1. The Hall–Kier alpha value is -1.91. The molecule has 20 heavy (non-hydrogen) atoms. The van der Waals surface area contributed by atoms with Gasteiger partial charge >= 0.3 is 0 Å². The molecule has 0 saturated carbocycles. The van der Waals surface area contributed by atoms with Crippen LogP contribution < -0.4 is 10.6 Å². The van der Waals surface area contributed by atoms with Gasteiger partial charge in [0, 0.05) is 28.9 Å². The molecule has 0 aromatic heterocycles. The molecule has 0 aliphatic rings. The number of benzene rings is 2. The summed E-state index contributed by atoms with van der Waals surface area (Å²) in [4.78, 5) is 14.2. The topological polar surface area (TPSA) is 46.3 Å². The lowest BCUT2D eigenvalue weighted by Gasteiger charge is -2.18. The van der Waals surface area contributed by atoms with Crippen LogP contribution in [0.15, 0.2) is 48.5 Å². The third-order valence-electron chi connectivity index (χ3n) is 2.89. The summed E-state index contributed by atoms with van der Waals surface area (Å²) in [6.45, 7) is 0. The summed E-state index contributed by atoms with van der Waals surface area (Å²) in [7, 11) is 1.70. The third kappa shape index (κ3) is 3.15. The number of hydrogen-bond donors (Lipinski definition) is 1. The van der Waals surface area contributed by atoms with Crippen LogP contribution in [0.5, 0.6) is 0 Å². The first-order chi connectivity index (χ1) is 9.49. The fourth-order valence-electron chi connectivity index (χ4n) is 1.80. The van der Waals surface area contributed by atoms with Crippen molar-refractivity contribution in [2.24, 2.45) is 5.73 Å². The Balaban J connectivity index is 2.31. The molecule has 0 radical (unpaired) electrons. The van der Waals surface area contributed by atoms with E-state index >= 15 is 0 Å². The van der Waals surface area contributed by atoms with Gasteiger partial charge in [-0.05, 0) is 30.3 Å². The first kappa shape index (κ1) is 14.5. The molecule has 2 aromatic carbocycles. The largest absolute Gasteiger partial charge is 0.389 e. The van der Waals surface area contributed by atoms with Crippen LogP contribution >= 0.6 is 23.8 Å². The Bertz CT molecular complexity index is 672. The number of halogens is 1. The van der Waals surface area contributed by atoms with E-state index in [9.17, 15) is 4.79 Å². The molecule has 0 aliphatic heterocycles. The van der Waals surface area contributed by atoms with E-state index in [-0.39, 0.29) is 5.91 Å². The van der Waals surface area contributed by atoms with Crippen molar-refractivity contribution in [2.45, 2.75) is 0 Å². The Morgan fingerprint density at radius 3 is 2.45 bits per heavy atom. The molecule has 0 fully saturated rings. The number of amides is 1. The minimum Gasteiger partial charge on any atom is -0.389 e. The van der Waals surface area contributed by atoms with Gasteiger partial charge in [0.2, 0.25) is 0 Å². The van der Waals surface area contributed by atoms with Crippen LogP contribution in [0.2, 0.25) is 5.02 Å². The first-order valence-electron chi connectivity index (χ1n) is 5.92. The second-order valence-corrected chi connectivity index (χ2v) is 5.17. The highest BCUT2D eigenvalue weighted by molar-refractivity contribution is 7.80. The fourth-order valence-corrected chi connectivity index (χ4v) is 2.12. The van der Waals surface area contributed by atoms with Crippen LogP contribution in [0.1, 0.15) is 15.9 Å².